The van der Waals surface area contributed by atoms with Gasteiger partial charge in [-0.15, -0.1) is 0 Å². The fourth-order valence-electron chi connectivity index (χ4n) is 4.39. The summed E-state index contributed by atoms with van der Waals surface area (Å²) in [6.45, 7) is 3.83. The first-order chi connectivity index (χ1) is 14.8. The molecule has 2 N–H and O–H groups in total. The first kappa shape index (κ1) is 21.5. The molecule has 0 aliphatic heterocycles. The van der Waals surface area contributed by atoms with E-state index in [4.69, 9.17) is 0 Å². The van der Waals surface area contributed by atoms with Gasteiger partial charge in [0.2, 0.25) is 0 Å². The van der Waals surface area contributed by atoms with Crippen LogP contribution in [0.1, 0.15) is 59.4 Å². The summed E-state index contributed by atoms with van der Waals surface area (Å²) < 4.78 is 16.6. The number of amides is 3. The lowest BCUT2D eigenvalue weighted by atomic mass is 9.99. The third-order valence-electron chi connectivity index (χ3n) is 6.26. The Morgan fingerprint density at radius 3 is 2.29 bits per heavy atom. The molecular weight excluding hydrogens is 414 g/mol. The lowest BCUT2D eigenvalue weighted by Gasteiger charge is -2.21. The Kier molecular flexibility index (Phi) is 5.88. The summed E-state index contributed by atoms with van der Waals surface area (Å²) in [4.78, 5) is 26.9. The maximum Gasteiger partial charge on any atom is 0.331 e. The van der Waals surface area contributed by atoms with Crippen LogP contribution in [0.3, 0.4) is 0 Å². The standard InChI is InChI=1S/C22H29N5O3S/c1-13(2)26(3)21(28)18-12-19(24-27(18)4)31(30)25-22(29)23-20-16-9-5-7-14(16)11-15-8-6-10-17(15)20/h11-13H,5-10H2,1-4H3,(H2,23,25,29). The molecule has 0 fully saturated rings. The summed E-state index contributed by atoms with van der Waals surface area (Å²) in [5, 5.41) is 7.28. The van der Waals surface area contributed by atoms with Crippen molar-refractivity contribution in [1.29, 1.82) is 0 Å². The number of hydrogen-bond acceptors (Lipinski definition) is 4. The SMILES string of the molecule is CC(C)N(C)C(=O)c1cc(S(=O)NC(=O)Nc2c3c(cc4c2CCC4)CCC3)nn1C. The molecule has 9 heteroatoms. The van der Waals surface area contributed by atoms with Gasteiger partial charge in [-0.3, -0.25) is 14.2 Å². The fourth-order valence-corrected chi connectivity index (χ4v) is 5.13. The predicted octanol–water partition coefficient (Wildman–Crippen LogP) is 2.72. The van der Waals surface area contributed by atoms with Crippen LogP contribution in [0, 0.1) is 0 Å². The average Bonchev–Trinajstić information content (AvgIpc) is 3.45. The Labute approximate surface area is 185 Å². The average molecular weight is 444 g/mol. The van der Waals surface area contributed by atoms with Crippen molar-refractivity contribution in [3.8, 4) is 0 Å². The second-order valence-corrected chi connectivity index (χ2v) is 9.72. The normalized spacial score (nSPS) is 15.5. The molecule has 1 heterocycles. The Morgan fingerprint density at radius 1 is 1.10 bits per heavy atom. The third kappa shape index (κ3) is 4.11. The summed E-state index contributed by atoms with van der Waals surface area (Å²) in [6.07, 6.45) is 6.18. The minimum Gasteiger partial charge on any atom is -0.338 e. The number of hydrogen-bond donors (Lipinski definition) is 2. The molecular formula is C22H29N5O3S. The van der Waals surface area contributed by atoms with E-state index in [1.165, 1.54) is 33.0 Å². The Hall–Kier alpha value is -2.68. The number of fused-ring (bicyclic) bond motifs is 2. The van der Waals surface area contributed by atoms with Crippen LogP contribution in [0.2, 0.25) is 0 Å². The summed E-state index contributed by atoms with van der Waals surface area (Å²) in [5.41, 5.74) is 6.28. The van der Waals surface area contributed by atoms with E-state index in [-0.39, 0.29) is 17.0 Å². The van der Waals surface area contributed by atoms with Crippen LogP contribution in [0.25, 0.3) is 0 Å². The molecule has 0 saturated heterocycles. The van der Waals surface area contributed by atoms with Crippen LogP contribution in [0.5, 0.6) is 0 Å². The van der Waals surface area contributed by atoms with E-state index in [0.717, 1.165) is 44.2 Å². The monoisotopic (exact) mass is 443 g/mol. The second kappa shape index (κ2) is 8.45. The molecule has 8 nitrogen and oxygen atoms in total. The number of nitrogens with zero attached hydrogens (tertiary/aromatic N) is 3. The molecule has 0 spiro atoms. The fraction of sp³-hybridized carbons (Fsp3) is 0.500. The number of rotatable bonds is 5. The van der Waals surface area contributed by atoms with Crippen LogP contribution in [0.15, 0.2) is 17.2 Å². The molecule has 1 aromatic carbocycles. The van der Waals surface area contributed by atoms with Gasteiger partial charge in [-0.05, 0) is 74.6 Å². The van der Waals surface area contributed by atoms with Gasteiger partial charge in [-0.2, -0.15) is 5.10 Å². The zero-order chi connectivity index (χ0) is 22.3. The number of aryl methyl sites for hydroxylation is 3. The summed E-state index contributed by atoms with van der Waals surface area (Å²) >= 11 is 0. The van der Waals surface area contributed by atoms with Crippen molar-refractivity contribution in [1.82, 2.24) is 19.4 Å². The molecule has 0 bridgehead atoms. The van der Waals surface area contributed by atoms with Crippen molar-refractivity contribution < 1.29 is 13.8 Å². The zero-order valence-electron chi connectivity index (χ0n) is 18.4. The third-order valence-corrected chi connectivity index (χ3v) is 7.21. The van der Waals surface area contributed by atoms with Gasteiger partial charge in [0.25, 0.3) is 5.91 Å². The minimum atomic E-state index is -1.88. The molecule has 31 heavy (non-hydrogen) atoms. The quantitative estimate of drug-likeness (QED) is 0.743. The lowest BCUT2D eigenvalue weighted by Crippen LogP contribution is -2.34. The molecule has 2 aromatic rings. The van der Waals surface area contributed by atoms with E-state index in [9.17, 15) is 13.8 Å². The van der Waals surface area contributed by atoms with Crippen LogP contribution >= 0.6 is 0 Å². The van der Waals surface area contributed by atoms with Crippen molar-refractivity contribution in [2.45, 2.75) is 63.4 Å². The van der Waals surface area contributed by atoms with Gasteiger partial charge in [0.05, 0.1) is 0 Å². The molecule has 1 aromatic heterocycles. The van der Waals surface area contributed by atoms with Gasteiger partial charge in [0.15, 0.2) is 16.0 Å². The van der Waals surface area contributed by atoms with Crippen LogP contribution in [0.4, 0.5) is 10.5 Å². The maximum absolute atomic E-state index is 12.7. The smallest absolute Gasteiger partial charge is 0.331 e. The Bertz CT molecular complexity index is 1040. The number of carbonyl (C=O) groups excluding carboxylic acids is 2. The summed E-state index contributed by atoms with van der Waals surface area (Å²) in [5.74, 6) is -0.215. The van der Waals surface area contributed by atoms with E-state index in [1.807, 2.05) is 13.8 Å². The summed E-state index contributed by atoms with van der Waals surface area (Å²) in [6, 6.07) is 3.27. The number of nitrogens with one attached hydrogen (secondary N) is 2. The maximum atomic E-state index is 12.7. The van der Waals surface area contributed by atoms with Crippen molar-refractivity contribution in [2.75, 3.05) is 12.4 Å². The number of benzene rings is 1. The lowest BCUT2D eigenvalue weighted by molar-refractivity contribution is 0.0744. The number of urea groups is 1. The van der Waals surface area contributed by atoms with Gasteiger partial charge >= 0.3 is 6.03 Å². The van der Waals surface area contributed by atoms with E-state index in [0.29, 0.717) is 5.69 Å². The Balaban J connectivity index is 1.49. The van der Waals surface area contributed by atoms with E-state index >= 15 is 0 Å². The van der Waals surface area contributed by atoms with E-state index < -0.39 is 17.0 Å². The largest absolute Gasteiger partial charge is 0.338 e. The number of anilines is 1. The molecule has 2 aliphatic rings. The highest BCUT2D eigenvalue weighted by atomic mass is 32.2. The van der Waals surface area contributed by atoms with Gasteiger partial charge in [-0.25, -0.2) is 9.00 Å². The zero-order valence-corrected chi connectivity index (χ0v) is 19.3. The summed E-state index contributed by atoms with van der Waals surface area (Å²) in [7, 11) is 1.45. The highest BCUT2D eigenvalue weighted by Crippen LogP contribution is 2.38. The van der Waals surface area contributed by atoms with E-state index in [2.05, 4.69) is 21.2 Å². The molecule has 1 unspecified atom stereocenters. The van der Waals surface area contributed by atoms with Crippen molar-refractivity contribution in [3.05, 3.63) is 40.1 Å². The van der Waals surface area contributed by atoms with Crippen molar-refractivity contribution in [2.24, 2.45) is 7.05 Å². The predicted molar refractivity (Wildman–Crippen MR) is 119 cm³/mol. The Morgan fingerprint density at radius 2 is 1.71 bits per heavy atom. The van der Waals surface area contributed by atoms with Crippen LogP contribution in [-0.2, 0) is 43.7 Å². The van der Waals surface area contributed by atoms with Crippen molar-refractivity contribution >= 4 is 28.6 Å². The number of aromatic nitrogens is 2. The highest BCUT2D eigenvalue weighted by molar-refractivity contribution is 7.83. The van der Waals surface area contributed by atoms with Crippen LogP contribution < -0.4 is 10.0 Å². The van der Waals surface area contributed by atoms with Gasteiger partial charge < -0.3 is 10.2 Å². The second-order valence-electron chi connectivity index (χ2n) is 8.56. The molecule has 166 valence electrons. The topological polar surface area (TPSA) is 96.3 Å². The first-order valence-electron chi connectivity index (χ1n) is 10.7. The van der Waals surface area contributed by atoms with Gasteiger partial charge in [0, 0.05) is 31.9 Å². The molecule has 0 radical (unpaired) electrons. The molecule has 1 atom stereocenters. The molecule has 0 saturated carbocycles. The first-order valence-corrected chi connectivity index (χ1v) is 11.9. The van der Waals surface area contributed by atoms with Crippen LogP contribution in [-0.4, -0.2) is 43.9 Å². The highest BCUT2D eigenvalue weighted by Gasteiger charge is 2.26. The molecule has 3 amide bonds. The molecule has 2 aliphatic carbocycles. The van der Waals surface area contributed by atoms with Gasteiger partial charge in [0.1, 0.15) is 5.69 Å². The van der Waals surface area contributed by atoms with E-state index in [1.54, 1.807) is 19.0 Å². The minimum absolute atomic E-state index is 0.0228. The van der Waals surface area contributed by atoms with Gasteiger partial charge in [-0.1, -0.05) is 6.07 Å². The number of carbonyl (C=O) groups is 2. The molecule has 4 rings (SSSR count). The van der Waals surface area contributed by atoms with Crippen molar-refractivity contribution in [3.63, 3.8) is 0 Å².